The van der Waals surface area contributed by atoms with Gasteiger partial charge in [0.15, 0.2) is 0 Å². The van der Waals surface area contributed by atoms with Gasteiger partial charge in [0, 0.05) is 31.7 Å². The summed E-state index contributed by atoms with van der Waals surface area (Å²) in [6.45, 7) is 1.84. The van der Waals surface area contributed by atoms with E-state index in [-0.39, 0.29) is 12.5 Å². The maximum Gasteiger partial charge on any atom is 0.238 e. The van der Waals surface area contributed by atoms with Crippen molar-refractivity contribution in [3.05, 3.63) is 60.6 Å². The minimum Gasteiger partial charge on any atom is -0.487 e. The molecule has 0 aliphatic carbocycles. The van der Waals surface area contributed by atoms with Crippen molar-refractivity contribution in [2.45, 2.75) is 6.61 Å². The van der Waals surface area contributed by atoms with E-state index in [0.717, 1.165) is 22.8 Å². The standard InChI is InChI=1S/C19H22N4O3/c1-25-11-9-20-12-19(24)22-15-5-7-17(8-6-15)26-14-16-13-23-10-3-2-4-18(23)21-16/h2-8,10,13,20H,9,11-12,14H2,1H3,(H,22,24). The number of benzene rings is 1. The molecule has 0 spiro atoms. The Balaban J connectivity index is 1.47. The van der Waals surface area contributed by atoms with Crippen molar-refractivity contribution in [3.63, 3.8) is 0 Å². The van der Waals surface area contributed by atoms with Crippen LogP contribution in [0.5, 0.6) is 5.75 Å². The van der Waals surface area contributed by atoms with Crippen molar-refractivity contribution >= 4 is 17.2 Å². The van der Waals surface area contributed by atoms with Gasteiger partial charge in [0.2, 0.25) is 5.91 Å². The number of anilines is 1. The van der Waals surface area contributed by atoms with Crippen LogP contribution in [0.3, 0.4) is 0 Å². The number of methoxy groups -OCH3 is 1. The average Bonchev–Trinajstić information content (AvgIpc) is 3.08. The molecule has 1 aromatic carbocycles. The summed E-state index contributed by atoms with van der Waals surface area (Å²) in [5.41, 5.74) is 2.47. The van der Waals surface area contributed by atoms with E-state index >= 15 is 0 Å². The number of ether oxygens (including phenoxy) is 2. The van der Waals surface area contributed by atoms with Gasteiger partial charge in [-0.15, -0.1) is 0 Å². The normalized spacial score (nSPS) is 10.8. The summed E-state index contributed by atoms with van der Waals surface area (Å²) >= 11 is 0. The maximum absolute atomic E-state index is 11.8. The number of imidazole rings is 1. The number of aromatic nitrogens is 2. The van der Waals surface area contributed by atoms with Gasteiger partial charge in [-0.2, -0.15) is 0 Å². The average molecular weight is 354 g/mol. The minimum absolute atomic E-state index is 0.0977. The Morgan fingerprint density at radius 1 is 1.19 bits per heavy atom. The molecule has 7 nitrogen and oxygen atoms in total. The fourth-order valence-corrected chi connectivity index (χ4v) is 2.43. The second-order valence-corrected chi connectivity index (χ2v) is 5.73. The second kappa shape index (κ2) is 8.98. The molecule has 0 radical (unpaired) electrons. The molecule has 0 aliphatic rings. The van der Waals surface area contributed by atoms with E-state index in [4.69, 9.17) is 9.47 Å². The van der Waals surface area contributed by atoms with E-state index in [9.17, 15) is 4.79 Å². The molecular weight excluding hydrogens is 332 g/mol. The number of hydrogen-bond acceptors (Lipinski definition) is 5. The lowest BCUT2D eigenvalue weighted by atomic mass is 10.3. The molecule has 26 heavy (non-hydrogen) atoms. The number of pyridine rings is 1. The maximum atomic E-state index is 11.8. The Hall–Kier alpha value is -2.90. The zero-order valence-electron chi connectivity index (χ0n) is 14.6. The number of rotatable bonds is 9. The number of nitrogens with zero attached hydrogens (tertiary/aromatic N) is 2. The van der Waals surface area contributed by atoms with Crippen LogP contribution in [-0.4, -0.2) is 42.1 Å². The van der Waals surface area contributed by atoms with Crippen LogP contribution in [0.2, 0.25) is 0 Å². The highest BCUT2D eigenvalue weighted by Crippen LogP contribution is 2.17. The highest BCUT2D eigenvalue weighted by molar-refractivity contribution is 5.92. The third kappa shape index (κ3) is 5.05. The van der Waals surface area contributed by atoms with Crippen molar-refractivity contribution in [3.8, 4) is 5.75 Å². The lowest BCUT2D eigenvalue weighted by Crippen LogP contribution is -2.30. The Labute approximate surface area is 152 Å². The smallest absolute Gasteiger partial charge is 0.238 e. The zero-order chi connectivity index (χ0) is 18.2. The first-order valence-corrected chi connectivity index (χ1v) is 8.39. The highest BCUT2D eigenvalue weighted by Gasteiger charge is 2.04. The van der Waals surface area contributed by atoms with E-state index in [1.165, 1.54) is 0 Å². The van der Waals surface area contributed by atoms with Crippen LogP contribution < -0.4 is 15.4 Å². The Kier molecular flexibility index (Phi) is 6.19. The number of nitrogens with one attached hydrogen (secondary N) is 2. The Morgan fingerprint density at radius 2 is 2.04 bits per heavy atom. The molecule has 2 heterocycles. The quantitative estimate of drug-likeness (QED) is 0.576. The Bertz CT molecular complexity index is 812. The van der Waals surface area contributed by atoms with E-state index < -0.39 is 0 Å². The van der Waals surface area contributed by atoms with Crippen LogP contribution in [0.4, 0.5) is 5.69 Å². The largest absolute Gasteiger partial charge is 0.487 e. The SMILES string of the molecule is COCCNCC(=O)Nc1ccc(OCc2cn3ccccc3n2)cc1. The number of amides is 1. The van der Waals surface area contributed by atoms with Gasteiger partial charge in [-0.05, 0) is 36.4 Å². The topological polar surface area (TPSA) is 76.9 Å². The van der Waals surface area contributed by atoms with Gasteiger partial charge in [-0.1, -0.05) is 6.07 Å². The summed E-state index contributed by atoms with van der Waals surface area (Å²) in [6.07, 6.45) is 3.90. The highest BCUT2D eigenvalue weighted by atomic mass is 16.5. The van der Waals surface area contributed by atoms with Crippen molar-refractivity contribution in [1.29, 1.82) is 0 Å². The molecule has 7 heteroatoms. The van der Waals surface area contributed by atoms with Crippen molar-refractivity contribution in [2.75, 3.05) is 32.1 Å². The summed E-state index contributed by atoms with van der Waals surface area (Å²) in [5, 5.41) is 5.82. The zero-order valence-corrected chi connectivity index (χ0v) is 14.6. The molecule has 136 valence electrons. The predicted molar refractivity (Wildman–Crippen MR) is 99.3 cm³/mol. The Morgan fingerprint density at radius 3 is 2.81 bits per heavy atom. The first kappa shape index (κ1) is 17.9. The van der Waals surface area contributed by atoms with Gasteiger partial charge in [0.1, 0.15) is 18.0 Å². The van der Waals surface area contributed by atoms with Gasteiger partial charge in [0.25, 0.3) is 0 Å². The fourth-order valence-electron chi connectivity index (χ4n) is 2.43. The molecule has 1 amide bonds. The van der Waals surface area contributed by atoms with E-state index in [1.54, 1.807) is 7.11 Å². The molecule has 0 unspecified atom stereocenters. The molecule has 3 rings (SSSR count). The van der Waals surface area contributed by atoms with E-state index in [0.29, 0.717) is 19.8 Å². The van der Waals surface area contributed by atoms with Gasteiger partial charge in [-0.25, -0.2) is 4.98 Å². The predicted octanol–water partition coefficient (Wildman–Crippen LogP) is 2.09. The molecule has 0 atom stereocenters. The van der Waals surface area contributed by atoms with Crippen LogP contribution in [0.15, 0.2) is 54.9 Å². The summed E-state index contributed by atoms with van der Waals surface area (Å²) in [6, 6.07) is 13.1. The van der Waals surface area contributed by atoms with Crippen LogP contribution in [-0.2, 0) is 16.1 Å². The van der Waals surface area contributed by atoms with Crippen LogP contribution in [0, 0.1) is 0 Å². The third-order valence-corrected chi connectivity index (χ3v) is 3.71. The summed E-state index contributed by atoms with van der Waals surface area (Å²) in [7, 11) is 1.63. The fraction of sp³-hybridized carbons (Fsp3) is 0.263. The molecule has 0 saturated heterocycles. The first-order valence-electron chi connectivity index (χ1n) is 8.39. The third-order valence-electron chi connectivity index (χ3n) is 3.71. The number of carbonyl (C=O) groups excluding carboxylic acids is 1. The summed E-state index contributed by atoms with van der Waals surface area (Å²) < 4.78 is 12.6. The van der Waals surface area contributed by atoms with Crippen LogP contribution in [0.1, 0.15) is 5.69 Å². The second-order valence-electron chi connectivity index (χ2n) is 5.73. The van der Waals surface area contributed by atoms with Crippen LogP contribution >= 0.6 is 0 Å². The van der Waals surface area contributed by atoms with Gasteiger partial charge in [-0.3, -0.25) is 4.79 Å². The summed E-state index contributed by atoms with van der Waals surface area (Å²) in [4.78, 5) is 16.3. The number of fused-ring (bicyclic) bond motifs is 1. The number of hydrogen-bond donors (Lipinski definition) is 2. The van der Waals surface area contributed by atoms with E-state index in [1.807, 2.05) is 59.3 Å². The van der Waals surface area contributed by atoms with Crippen molar-refractivity contribution in [2.24, 2.45) is 0 Å². The monoisotopic (exact) mass is 354 g/mol. The minimum atomic E-state index is -0.0977. The molecule has 0 fully saturated rings. The summed E-state index contributed by atoms with van der Waals surface area (Å²) in [5.74, 6) is 0.623. The van der Waals surface area contributed by atoms with Gasteiger partial charge >= 0.3 is 0 Å². The molecule has 2 aromatic heterocycles. The molecule has 0 aliphatic heterocycles. The van der Waals surface area contributed by atoms with E-state index in [2.05, 4.69) is 15.6 Å². The van der Waals surface area contributed by atoms with Crippen LogP contribution in [0.25, 0.3) is 5.65 Å². The molecule has 2 N–H and O–H groups in total. The lowest BCUT2D eigenvalue weighted by Gasteiger charge is -2.08. The van der Waals surface area contributed by atoms with Gasteiger partial charge < -0.3 is 24.5 Å². The van der Waals surface area contributed by atoms with Gasteiger partial charge in [0.05, 0.1) is 18.8 Å². The van der Waals surface area contributed by atoms with Crippen molar-refractivity contribution < 1.29 is 14.3 Å². The van der Waals surface area contributed by atoms with Crippen molar-refractivity contribution in [1.82, 2.24) is 14.7 Å². The number of carbonyl (C=O) groups is 1. The molecule has 0 bridgehead atoms. The molecular formula is C19H22N4O3. The lowest BCUT2D eigenvalue weighted by molar-refractivity contribution is -0.115. The molecule has 0 saturated carbocycles. The first-order chi connectivity index (χ1) is 12.7. The molecule has 3 aromatic rings.